The normalized spacial score (nSPS) is 19.8. The second kappa shape index (κ2) is 14.0. The largest absolute Gasteiger partial charge is 0.485 e. The van der Waals surface area contributed by atoms with Gasteiger partial charge in [0, 0.05) is 17.5 Å². The Kier molecular flexibility index (Phi) is 11.0. The van der Waals surface area contributed by atoms with Crippen LogP contribution in [-0.2, 0) is 27.5 Å². The zero-order valence-electron chi connectivity index (χ0n) is 25.6. The number of ether oxygens (including phenoxy) is 1. The monoisotopic (exact) mass is 566 g/mol. The molecule has 10 nitrogen and oxygen atoms in total. The van der Waals surface area contributed by atoms with Gasteiger partial charge in [0.2, 0.25) is 5.91 Å². The molecule has 3 unspecified atom stereocenters. The molecule has 41 heavy (non-hydrogen) atoms. The number of aliphatic imine (C=N–C) groups is 1. The van der Waals surface area contributed by atoms with E-state index in [-0.39, 0.29) is 11.0 Å². The van der Waals surface area contributed by atoms with Crippen LogP contribution in [0, 0.1) is 11.3 Å². The summed E-state index contributed by atoms with van der Waals surface area (Å²) in [4.78, 5) is 33.0. The Bertz CT molecular complexity index is 1210. The molecule has 0 saturated heterocycles. The van der Waals surface area contributed by atoms with Crippen LogP contribution in [0.1, 0.15) is 66.0 Å². The number of aromatic nitrogens is 1. The smallest absolute Gasteiger partial charge is 0.236 e. The number of pyridine rings is 1. The van der Waals surface area contributed by atoms with Crippen molar-refractivity contribution in [2.75, 3.05) is 19.8 Å². The first-order chi connectivity index (χ1) is 19.4. The maximum atomic E-state index is 11.1. The van der Waals surface area contributed by atoms with Crippen molar-refractivity contribution in [2.24, 2.45) is 27.2 Å². The van der Waals surface area contributed by atoms with Crippen molar-refractivity contribution >= 4 is 18.5 Å². The fourth-order valence-corrected chi connectivity index (χ4v) is 4.44. The minimum Gasteiger partial charge on any atom is -0.485 e. The van der Waals surface area contributed by atoms with Crippen LogP contribution in [0.5, 0.6) is 5.75 Å². The number of rotatable bonds is 13. The molecule has 224 valence electrons. The van der Waals surface area contributed by atoms with Crippen molar-refractivity contribution in [1.82, 2.24) is 15.4 Å². The Hall–Kier alpha value is -3.34. The van der Waals surface area contributed by atoms with Gasteiger partial charge in [-0.05, 0) is 63.1 Å². The summed E-state index contributed by atoms with van der Waals surface area (Å²) in [7, 11) is 0. The number of oxime groups is 1. The van der Waals surface area contributed by atoms with Crippen molar-refractivity contribution in [2.45, 2.75) is 79.6 Å². The van der Waals surface area contributed by atoms with Gasteiger partial charge >= 0.3 is 0 Å². The molecule has 10 heteroatoms. The van der Waals surface area contributed by atoms with Crippen LogP contribution in [0.3, 0.4) is 0 Å². The summed E-state index contributed by atoms with van der Waals surface area (Å²) in [6.07, 6.45) is 3.59. The first-order valence-corrected chi connectivity index (χ1v) is 14.2. The van der Waals surface area contributed by atoms with Crippen molar-refractivity contribution in [3.63, 3.8) is 0 Å². The summed E-state index contributed by atoms with van der Waals surface area (Å²) < 4.78 is 6.58. The number of nitrogens with one attached hydrogen (secondary N) is 1. The summed E-state index contributed by atoms with van der Waals surface area (Å²) in [6.45, 7) is 20.2. The van der Waals surface area contributed by atoms with Crippen LogP contribution >= 0.6 is 0 Å². The van der Waals surface area contributed by atoms with E-state index >= 15 is 0 Å². The van der Waals surface area contributed by atoms with Crippen LogP contribution in [-0.4, -0.2) is 59.8 Å². The molecule has 0 bridgehead atoms. The van der Waals surface area contributed by atoms with Gasteiger partial charge in [-0.25, -0.2) is 4.99 Å². The predicted molar refractivity (Wildman–Crippen MR) is 162 cm³/mol. The Balaban J connectivity index is 1.59. The molecule has 3 N–H and O–H groups in total. The predicted octanol–water partition coefficient (Wildman–Crippen LogP) is 4.72. The molecule has 0 spiro atoms. The number of carbonyl (C=O) groups is 1. The lowest BCUT2D eigenvalue weighted by atomic mass is 9.80. The quantitative estimate of drug-likeness (QED) is 0.156. The molecule has 1 amide bonds. The average molecular weight is 567 g/mol. The minimum absolute atomic E-state index is 0.220. The van der Waals surface area contributed by atoms with Gasteiger partial charge in [-0.3, -0.25) is 19.5 Å². The Morgan fingerprint density at radius 2 is 2.05 bits per heavy atom. The maximum Gasteiger partial charge on any atom is 0.236 e. The summed E-state index contributed by atoms with van der Waals surface area (Å²) in [5, 5.41) is 4.20. The Labute approximate surface area is 244 Å². The van der Waals surface area contributed by atoms with Crippen LogP contribution in [0.25, 0.3) is 11.3 Å². The standard InChI is InChI=1S/C31H46N6O4/c1-9-37(20-40-36-29(33-8)30(4,5)6)15-14-31(7)21(2)16-25-17-26(34-18-27(25)41-31)24-12-10-23(11-13-24)19-39-35-22(3)28(32)38/h10-13,17-18,21-22,35H,8-9,14-16,19-20H2,1-7H3,(H2,32,38)/b36-29-. The maximum absolute atomic E-state index is 11.1. The molecule has 2 heterocycles. The second-order valence-corrected chi connectivity index (χ2v) is 12.0. The summed E-state index contributed by atoms with van der Waals surface area (Å²) in [5.74, 6) is 1.27. The first kappa shape index (κ1) is 32.2. The van der Waals surface area contributed by atoms with Crippen LogP contribution in [0.2, 0.25) is 0 Å². The van der Waals surface area contributed by atoms with E-state index < -0.39 is 11.9 Å². The van der Waals surface area contributed by atoms with Gasteiger partial charge in [0.1, 0.15) is 17.4 Å². The van der Waals surface area contributed by atoms with Crippen molar-refractivity contribution < 1.29 is 19.2 Å². The molecule has 1 aliphatic rings. The summed E-state index contributed by atoms with van der Waals surface area (Å²) >= 11 is 0. The lowest BCUT2D eigenvalue weighted by Gasteiger charge is -2.42. The van der Waals surface area contributed by atoms with Gasteiger partial charge < -0.3 is 15.3 Å². The lowest BCUT2D eigenvalue weighted by Crippen LogP contribution is -2.46. The highest BCUT2D eigenvalue weighted by atomic mass is 16.6. The van der Waals surface area contributed by atoms with Gasteiger partial charge in [-0.2, -0.15) is 5.48 Å². The van der Waals surface area contributed by atoms with E-state index in [1.165, 1.54) is 0 Å². The van der Waals surface area contributed by atoms with Gasteiger partial charge in [0.05, 0.1) is 18.5 Å². The highest BCUT2D eigenvalue weighted by Gasteiger charge is 2.38. The van der Waals surface area contributed by atoms with E-state index in [0.717, 1.165) is 54.1 Å². The summed E-state index contributed by atoms with van der Waals surface area (Å²) in [6, 6.07) is 9.57. The second-order valence-electron chi connectivity index (χ2n) is 12.0. The van der Waals surface area contributed by atoms with E-state index in [1.807, 2.05) is 51.2 Å². The number of nitrogens with zero attached hydrogens (tertiary/aromatic N) is 4. The number of amidine groups is 1. The van der Waals surface area contributed by atoms with E-state index in [4.69, 9.17) is 25.1 Å². The molecule has 0 aliphatic carbocycles. The van der Waals surface area contributed by atoms with Crippen LogP contribution in [0.4, 0.5) is 0 Å². The number of carbonyl (C=O) groups excluding carboxylic acids is 1. The molecule has 1 aromatic heterocycles. The Morgan fingerprint density at radius 1 is 1.34 bits per heavy atom. The van der Waals surface area contributed by atoms with Gasteiger partial charge in [-0.15, -0.1) is 0 Å². The number of primary amides is 1. The van der Waals surface area contributed by atoms with Gasteiger partial charge in [0.15, 0.2) is 12.6 Å². The fourth-order valence-electron chi connectivity index (χ4n) is 4.44. The molecule has 1 aliphatic heterocycles. The van der Waals surface area contributed by atoms with E-state index in [0.29, 0.717) is 25.1 Å². The number of hydroxylamine groups is 1. The molecule has 3 atom stereocenters. The zero-order chi connectivity index (χ0) is 30.2. The number of fused-ring (bicyclic) bond motifs is 1. The molecule has 1 aromatic carbocycles. The van der Waals surface area contributed by atoms with E-state index in [2.05, 4.69) is 54.1 Å². The van der Waals surface area contributed by atoms with Crippen molar-refractivity contribution in [3.05, 3.63) is 47.7 Å². The number of benzene rings is 1. The van der Waals surface area contributed by atoms with Gasteiger partial charge in [0.25, 0.3) is 0 Å². The van der Waals surface area contributed by atoms with Crippen molar-refractivity contribution in [1.29, 1.82) is 0 Å². The zero-order valence-corrected chi connectivity index (χ0v) is 25.6. The fraction of sp³-hybridized carbons (Fsp3) is 0.548. The topological polar surface area (TPSA) is 124 Å². The molecule has 3 rings (SSSR count). The molecule has 0 fully saturated rings. The van der Waals surface area contributed by atoms with Crippen LogP contribution in [0.15, 0.2) is 46.7 Å². The Morgan fingerprint density at radius 3 is 2.66 bits per heavy atom. The third-order valence-corrected chi connectivity index (χ3v) is 7.62. The average Bonchev–Trinajstić information content (AvgIpc) is 2.92. The number of hydrogen-bond acceptors (Lipinski definition) is 8. The van der Waals surface area contributed by atoms with Crippen LogP contribution < -0.4 is 16.0 Å². The van der Waals surface area contributed by atoms with E-state index in [1.54, 1.807) is 6.92 Å². The van der Waals surface area contributed by atoms with E-state index in [9.17, 15) is 4.79 Å². The molecule has 2 aromatic rings. The summed E-state index contributed by atoms with van der Waals surface area (Å²) in [5.41, 5.74) is 11.4. The van der Waals surface area contributed by atoms with Crippen molar-refractivity contribution in [3.8, 4) is 17.0 Å². The van der Waals surface area contributed by atoms with Gasteiger partial charge in [-0.1, -0.05) is 64.0 Å². The SMILES string of the molecule is C=N/C(=N\OCN(CC)CCC1(C)Oc2cnc(-c3ccc(CONC(C)C(N)=O)cc3)cc2CC1C)C(C)(C)C. The first-order valence-electron chi connectivity index (χ1n) is 14.2. The molecule has 0 saturated carbocycles. The third kappa shape index (κ3) is 8.82. The highest BCUT2D eigenvalue weighted by Crippen LogP contribution is 2.40. The third-order valence-electron chi connectivity index (χ3n) is 7.62. The number of nitrogens with two attached hydrogens (primary N) is 1. The highest BCUT2D eigenvalue weighted by molar-refractivity contribution is 5.90. The molecular weight excluding hydrogens is 520 g/mol. The number of hydrogen-bond donors (Lipinski definition) is 2. The molecule has 0 radical (unpaired) electrons. The lowest BCUT2D eigenvalue weighted by molar-refractivity contribution is -0.124. The number of amides is 1. The minimum atomic E-state index is -0.554. The molecular formula is C31H46N6O4.